The van der Waals surface area contributed by atoms with Gasteiger partial charge in [0.05, 0.1) is 18.1 Å². The fourth-order valence-corrected chi connectivity index (χ4v) is 2.51. The molecule has 6 heteroatoms. The average Bonchev–Trinajstić information content (AvgIpc) is 3.17. The van der Waals surface area contributed by atoms with E-state index >= 15 is 0 Å². The molecule has 6 nitrogen and oxygen atoms in total. The molecular weight excluding hydrogens is 320 g/mol. The van der Waals surface area contributed by atoms with E-state index in [0.29, 0.717) is 11.5 Å². The Bertz CT molecular complexity index is 885. The molecule has 0 aliphatic rings. The van der Waals surface area contributed by atoms with Gasteiger partial charge in [-0.1, -0.05) is 30.3 Å². The number of carbonyl (C=O) groups excluding carboxylic acids is 1. The van der Waals surface area contributed by atoms with Gasteiger partial charge >= 0.3 is 0 Å². The van der Waals surface area contributed by atoms with Gasteiger partial charge in [-0.2, -0.15) is 0 Å². The summed E-state index contributed by atoms with van der Waals surface area (Å²) in [6.45, 7) is 0.263. The molecule has 0 radical (unpaired) electrons. The number of hydrogen-bond donors (Lipinski definition) is 2. The fourth-order valence-electron chi connectivity index (χ4n) is 2.51. The summed E-state index contributed by atoms with van der Waals surface area (Å²) in [5.41, 5.74) is 1.04. The van der Waals surface area contributed by atoms with Gasteiger partial charge < -0.3 is 19.5 Å². The number of carbonyl (C=O) groups is 1. The van der Waals surface area contributed by atoms with Gasteiger partial charge in [-0.3, -0.25) is 9.59 Å². The van der Waals surface area contributed by atoms with Crippen LogP contribution >= 0.6 is 0 Å². The Morgan fingerprint density at radius 3 is 2.60 bits per heavy atom. The fraction of sp³-hybridized carbons (Fsp3) is 0.158. The van der Waals surface area contributed by atoms with Crippen molar-refractivity contribution in [1.82, 2.24) is 10.3 Å². The Kier molecular flexibility index (Phi) is 5.11. The maximum Gasteiger partial charge on any atom is 0.261 e. The van der Waals surface area contributed by atoms with Crippen LogP contribution in [-0.2, 0) is 4.74 Å². The Morgan fingerprint density at radius 2 is 1.96 bits per heavy atom. The highest BCUT2D eigenvalue weighted by Gasteiger charge is 2.15. The summed E-state index contributed by atoms with van der Waals surface area (Å²) in [6, 6.07) is 16.1. The van der Waals surface area contributed by atoms with E-state index in [1.54, 1.807) is 25.3 Å². The Morgan fingerprint density at radius 1 is 1.16 bits per heavy atom. The number of hydrogen-bond acceptors (Lipinski definition) is 4. The molecule has 128 valence electrons. The molecule has 25 heavy (non-hydrogen) atoms. The number of aromatic amines is 1. The van der Waals surface area contributed by atoms with Crippen molar-refractivity contribution in [3.05, 3.63) is 82.3 Å². The minimum Gasteiger partial charge on any atom is -0.463 e. The highest BCUT2D eigenvalue weighted by molar-refractivity contribution is 5.94. The second-order valence-corrected chi connectivity index (χ2v) is 5.44. The van der Waals surface area contributed by atoms with Crippen molar-refractivity contribution < 1.29 is 13.9 Å². The molecule has 1 unspecified atom stereocenters. The summed E-state index contributed by atoms with van der Waals surface area (Å²) in [5.74, 6) is 0.0813. The van der Waals surface area contributed by atoms with E-state index in [9.17, 15) is 9.59 Å². The van der Waals surface area contributed by atoms with Crippen LogP contribution in [0.1, 0.15) is 22.0 Å². The topological polar surface area (TPSA) is 84.3 Å². The molecule has 2 N–H and O–H groups in total. The molecule has 0 saturated carbocycles. The molecule has 3 rings (SSSR count). The maximum atomic E-state index is 12.3. The smallest absolute Gasteiger partial charge is 0.261 e. The molecule has 0 aliphatic heterocycles. The van der Waals surface area contributed by atoms with E-state index in [-0.39, 0.29) is 18.2 Å². The van der Waals surface area contributed by atoms with Gasteiger partial charge in [-0.25, -0.2) is 0 Å². The lowest BCUT2D eigenvalue weighted by Crippen LogP contribution is -2.33. The van der Waals surface area contributed by atoms with Crippen molar-refractivity contribution in [2.75, 3.05) is 13.7 Å². The lowest BCUT2D eigenvalue weighted by Gasteiger charge is -2.16. The monoisotopic (exact) mass is 338 g/mol. The molecule has 0 aliphatic carbocycles. The summed E-state index contributed by atoms with van der Waals surface area (Å²) in [4.78, 5) is 27.1. The van der Waals surface area contributed by atoms with Gasteiger partial charge in [-0.05, 0) is 29.8 Å². The Labute approximate surface area is 144 Å². The van der Waals surface area contributed by atoms with Crippen LogP contribution < -0.4 is 10.9 Å². The van der Waals surface area contributed by atoms with Crippen LogP contribution in [0.2, 0.25) is 0 Å². The quantitative estimate of drug-likeness (QED) is 0.724. The van der Waals surface area contributed by atoms with Crippen molar-refractivity contribution in [2.45, 2.75) is 6.10 Å². The molecule has 0 bridgehead atoms. The van der Waals surface area contributed by atoms with E-state index in [1.165, 1.54) is 12.3 Å². The standard InChI is InChI=1S/C19H18N2O4/c1-24-17(13-6-3-2-4-7-13)12-20-18(22)14-9-10-15(21-19(14)23)16-8-5-11-25-16/h2-11,17H,12H2,1H3,(H,20,22)(H,21,23). The third-order valence-electron chi connectivity index (χ3n) is 3.84. The van der Waals surface area contributed by atoms with E-state index in [2.05, 4.69) is 10.3 Å². The number of H-pyrrole nitrogens is 1. The molecule has 2 aromatic heterocycles. The van der Waals surface area contributed by atoms with Gasteiger partial charge in [-0.15, -0.1) is 0 Å². The molecular formula is C19H18N2O4. The predicted molar refractivity (Wildman–Crippen MR) is 93.3 cm³/mol. The lowest BCUT2D eigenvalue weighted by atomic mass is 10.1. The minimum atomic E-state index is -0.472. The van der Waals surface area contributed by atoms with Crippen molar-refractivity contribution in [1.29, 1.82) is 0 Å². The highest BCUT2D eigenvalue weighted by Crippen LogP contribution is 2.16. The van der Waals surface area contributed by atoms with Crippen LogP contribution in [0.5, 0.6) is 0 Å². The van der Waals surface area contributed by atoms with Crippen LogP contribution in [0.15, 0.2) is 70.1 Å². The second kappa shape index (κ2) is 7.63. The Balaban J connectivity index is 1.70. The van der Waals surface area contributed by atoms with Crippen LogP contribution in [0.4, 0.5) is 0 Å². The summed E-state index contributed by atoms with van der Waals surface area (Å²) in [6.07, 6.45) is 1.23. The SMILES string of the molecule is COC(CNC(=O)c1ccc(-c2ccco2)[nH]c1=O)c1ccccc1. The molecule has 0 spiro atoms. The molecule has 1 aromatic carbocycles. The molecule has 3 aromatic rings. The van der Waals surface area contributed by atoms with E-state index < -0.39 is 11.5 Å². The summed E-state index contributed by atoms with van der Waals surface area (Å²) in [5, 5.41) is 2.74. The maximum absolute atomic E-state index is 12.3. The van der Waals surface area contributed by atoms with Crippen LogP contribution in [0, 0.1) is 0 Å². The van der Waals surface area contributed by atoms with Gasteiger partial charge in [0.15, 0.2) is 0 Å². The Hall–Kier alpha value is -3.12. The zero-order valence-electron chi connectivity index (χ0n) is 13.7. The van der Waals surface area contributed by atoms with Gasteiger partial charge in [0.1, 0.15) is 11.3 Å². The first-order chi connectivity index (χ1) is 12.2. The number of nitrogens with one attached hydrogen (secondary N) is 2. The third kappa shape index (κ3) is 3.87. The largest absolute Gasteiger partial charge is 0.463 e. The highest BCUT2D eigenvalue weighted by atomic mass is 16.5. The number of amides is 1. The number of pyridine rings is 1. The van der Waals surface area contributed by atoms with Crippen molar-refractivity contribution >= 4 is 5.91 Å². The number of benzene rings is 1. The van der Waals surface area contributed by atoms with Gasteiger partial charge in [0.25, 0.3) is 11.5 Å². The van der Waals surface area contributed by atoms with E-state index in [1.807, 2.05) is 30.3 Å². The molecule has 2 heterocycles. The van der Waals surface area contributed by atoms with E-state index in [0.717, 1.165) is 5.56 Å². The summed E-state index contributed by atoms with van der Waals surface area (Å²) >= 11 is 0. The lowest BCUT2D eigenvalue weighted by molar-refractivity contribution is 0.0827. The number of rotatable bonds is 6. The first-order valence-corrected chi connectivity index (χ1v) is 7.82. The first kappa shape index (κ1) is 16.7. The van der Waals surface area contributed by atoms with Crippen molar-refractivity contribution in [3.63, 3.8) is 0 Å². The molecule has 0 fully saturated rings. The molecule has 1 amide bonds. The van der Waals surface area contributed by atoms with Crippen LogP contribution in [0.3, 0.4) is 0 Å². The van der Waals surface area contributed by atoms with Gasteiger partial charge in [0, 0.05) is 13.7 Å². The van der Waals surface area contributed by atoms with Gasteiger partial charge in [0.2, 0.25) is 0 Å². The average molecular weight is 338 g/mol. The zero-order chi connectivity index (χ0) is 17.6. The second-order valence-electron chi connectivity index (χ2n) is 5.44. The summed E-state index contributed by atoms with van der Waals surface area (Å²) in [7, 11) is 1.58. The number of ether oxygens (including phenoxy) is 1. The zero-order valence-corrected chi connectivity index (χ0v) is 13.7. The minimum absolute atomic E-state index is 0.0400. The van der Waals surface area contributed by atoms with Crippen LogP contribution in [-0.4, -0.2) is 24.5 Å². The summed E-state index contributed by atoms with van der Waals surface area (Å²) < 4.78 is 10.6. The molecule has 0 saturated heterocycles. The number of furan rings is 1. The first-order valence-electron chi connectivity index (χ1n) is 7.82. The van der Waals surface area contributed by atoms with Crippen LogP contribution in [0.25, 0.3) is 11.5 Å². The third-order valence-corrected chi connectivity index (χ3v) is 3.84. The van der Waals surface area contributed by atoms with E-state index in [4.69, 9.17) is 9.15 Å². The normalized spacial score (nSPS) is 11.9. The van der Waals surface area contributed by atoms with Crippen molar-refractivity contribution in [3.8, 4) is 11.5 Å². The van der Waals surface area contributed by atoms with Crippen molar-refractivity contribution in [2.24, 2.45) is 0 Å². The predicted octanol–water partition coefficient (Wildman–Crippen LogP) is 2.75. The number of methoxy groups -OCH3 is 1. The number of aromatic nitrogens is 1. The molecule has 1 atom stereocenters.